The number of amides is 1. The SMILES string of the molecule is COc1cc(NC(=O)COC(=O)c2ccco2)c(OC)cc1Cl. The van der Waals surface area contributed by atoms with Crippen LogP contribution in [0, 0.1) is 0 Å². The molecule has 7 nitrogen and oxygen atoms in total. The van der Waals surface area contributed by atoms with Crippen LogP contribution < -0.4 is 14.8 Å². The fraction of sp³-hybridized carbons (Fsp3) is 0.200. The van der Waals surface area contributed by atoms with Crippen molar-refractivity contribution in [2.45, 2.75) is 0 Å². The van der Waals surface area contributed by atoms with Crippen LogP contribution in [0.15, 0.2) is 34.9 Å². The standard InChI is InChI=1S/C15H14ClNO6/c1-20-12-7-10(13(21-2)6-9(12)16)17-14(18)8-23-15(19)11-4-3-5-22-11/h3-7H,8H2,1-2H3,(H,17,18). The Bertz CT molecular complexity index is 698. The Labute approximate surface area is 137 Å². The van der Waals surface area contributed by atoms with Gasteiger partial charge in [0.2, 0.25) is 5.76 Å². The molecule has 2 rings (SSSR count). The lowest BCUT2D eigenvalue weighted by atomic mass is 10.2. The molecule has 122 valence electrons. The number of rotatable bonds is 6. The van der Waals surface area contributed by atoms with Crippen molar-refractivity contribution in [3.63, 3.8) is 0 Å². The molecule has 0 aliphatic rings. The first-order valence-electron chi connectivity index (χ1n) is 6.47. The molecular formula is C15H14ClNO6. The summed E-state index contributed by atoms with van der Waals surface area (Å²) in [5, 5.41) is 2.89. The average molecular weight is 340 g/mol. The zero-order valence-electron chi connectivity index (χ0n) is 12.4. The van der Waals surface area contributed by atoms with Gasteiger partial charge in [-0.15, -0.1) is 0 Å². The molecule has 1 aromatic carbocycles. The molecule has 1 N–H and O–H groups in total. The summed E-state index contributed by atoms with van der Waals surface area (Å²) in [5.41, 5.74) is 0.341. The fourth-order valence-electron chi connectivity index (χ4n) is 1.74. The van der Waals surface area contributed by atoms with Crippen LogP contribution in [0.4, 0.5) is 5.69 Å². The minimum Gasteiger partial charge on any atom is -0.495 e. The Morgan fingerprint density at radius 3 is 2.57 bits per heavy atom. The van der Waals surface area contributed by atoms with Crippen LogP contribution >= 0.6 is 11.6 Å². The van der Waals surface area contributed by atoms with Crippen molar-refractivity contribution in [2.75, 3.05) is 26.1 Å². The molecule has 2 aromatic rings. The maximum absolute atomic E-state index is 11.9. The van der Waals surface area contributed by atoms with Crippen LogP contribution in [0.5, 0.6) is 11.5 Å². The number of halogens is 1. The Morgan fingerprint density at radius 1 is 1.22 bits per heavy atom. The predicted molar refractivity (Wildman–Crippen MR) is 82.2 cm³/mol. The monoisotopic (exact) mass is 339 g/mol. The van der Waals surface area contributed by atoms with E-state index in [0.29, 0.717) is 22.2 Å². The van der Waals surface area contributed by atoms with E-state index < -0.39 is 18.5 Å². The summed E-state index contributed by atoms with van der Waals surface area (Å²) in [6.07, 6.45) is 1.33. The number of carbonyl (C=O) groups is 2. The van der Waals surface area contributed by atoms with Gasteiger partial charge in [0.25, 0.3) is 5.91 Å². The van der Waals surface area contributed by atoms with Crippen molar-refractivity contribution in [1.29, 1.82) is 0 Å². The number of furan rings is 1. The van der Waals surface area contributed by atoms with Crippen LogP contribution in [0.3, 0.4) is 0 Å². The van der Waals surface area contributed by atoms with Crippen molar-refractivity contribution in [1.82, 2.24) is 0 Å². The highest BCUT2D eigenvalue weighted by molar-refractivity contribution is 6.32. The van der Waals surface area contributed by atoms with E-state index in [1.165, 1.54) is 38.7 Å². The number of hydrogen-bond donors (Lipinski definition) is 1. The Morgan fingerprint density at radius 2 is 1.96 bits per heavy atom. The lowest BCUT2D eigenvalue weighted by Gasteiger charge is -2.13. The van der Waals surface area contributed by atoms with Gasteiger partial charge >= 0.3 is 5.97 Å². The normalized spacial score (nSPS) is 10.0. The summed E-state index contributed by atoms with van der Waals surface area (Å²) in [6.45, 7) is -0.479. The van der Waals surface area contributed by atoms with E-state index in [1.807, 2.05) is 0 Å². The number of hydrogen-bond acceptors (Lipinski definition) is 6. The van der Waals surface area contributed by atoms with Crippen molar-refractivity contribution in [3.8, 4) is 11.5 Å². The van der Waals surface area contributed by atoms with Crippen molar-refractivity contribution >= 4 is 29.2 Å². The molecule has 0 atom stereocenters. The van der Waals surface area contributed by atoms with Gasteiger partial charge in [-0.05, 0) is 12.1 Å². The number of esters is 1. The Balaban J connectivity index is 2.01. The van der Waals surface area contributed by atoms with E-state index in [-0.39, 0.29) is 5.76 Å². The third-order valence-corrected chi connectivity index (χ3v) is 3.10. The summed E-state index contributed by atoms with van der Waals surface area (Å²) in [6, 6.07) is 5.99. The third kappa shape index (κ3) is 4.17. The van der Waals surface area contributed by atoms with Crippen LogP contribution in [0.25, 0.3) is 0 Å². The summed E-state index contributed by atoms with van der Waals surface area (Å²) < 4.78 is 19.9. The van der Waals surface area contributed by atoms with E-state index in [0.717, 1.165) is 0 Å². The number of anilines is 1. The molecule has 0 aliphatic carbocycles. The molecule has 1 heterocycles. The zero-order chi connectivity index (χ0) is 16.8. The van der Waals surface area contributed by atoms with Crippen molar-refractivity contribution < 1.29 is 28.2 Å². The van der Waals surface area contributed by atoms with Crippen molar-refractivity contribution in [3.05, 3.63) is 41.3 Å². The molecule has 0 spiro atoms. The van der Waals surface area contributed by atoms with E-state index in [1.54, 1.807) is 6.07 Å². The lowest BCUT2D eigenvalue weighted by Crippen LogP contribution is -2.21. The number of benzene rings is 1. The first kappa shape index (κ1) is 16.7. The molecule has 8 heteroatoms. The maximum atomic E-state index is 11.9. The molecule has 0 aliphatic heterocycles. The molecule has 0 fully saturated rings. The molecule has 0 radical (unpaired) electrons. The first-order valence-corrected chi connectivity index (χ1v) is 6.85. The van der Waals surface area contributed by atoms with Gasteiger partial charge in [-0.3, -0.25) is 4.79 Å². The summed E-state index contributed by atoms with van der Waals surface area (Å²) in [5.74, 6) is -0.543. The molecule has 1 aromatic heterocycles. The predicted octanol–water partition coefficient (Wildman–Crippen LogP) is 2.75. The quantitative estimate of drug-likeness (QED) is 0.814. The number of ether oxygens (including phenoxy) is 3. The highest BCUT2D eigenvalue weighted by Gasteiger charge is 2.15. The van der Waals surface area contributed by atoms with Crippen LogP contribution in [0.2, 0.25) is 5.02 Å². The number of nitrogens with one attached hydrogen (secondary N) is 1. The minimum atomic E-state index is -0.731. The highest BCUT2D eigenvalue weighted by atomic mass is 35.5. The molecule has 0 bridgehead atoms. The summed E-state index contributed by atoms with van der Waals surface area (Å²) >= 11 is 5.98. The van der Waals surface area contributed by atoms with Crippen molar-refractivity contribution in [2.24, 2.45) is 0 Å². The molecule has 0 saturated carbocycles. The lowest BCUT2D eigenvalue weighted by molar-refractivity contribution is -0.119. The second-order valence-electron chi connectivity index (χ2n) is 4.29. The summed E-state index contributed by atoms with van der Waals surface area (Å²) in [7, 11) is 2.88. The molecular weight excluding hydrogens is 326 g/mol. The van der Waals surface area contributed by atoms with E-state index in [2.05, 4.69) is 5.32 Å². The van der Waals surface area contributed by atoms with Gasteiger partial charge in [0.15, 0.2) is 6.61 Å². The second-order valence-corrected chi connectivity index (χ2v) is 4.70. The fourth-order valence-corrected chi connectivity index (χ4v) is 1.97. The molecule has 0 unspecified atom stereocenters. The Hall–Kier alpha value is -2.67. The second kappa shape index (κ2) is 7.55. The minimum absolute atomic E-state index is 0.0172. The topological polar surface area (TPSA) is 87.0 Å². The van der Waals surface area contributed by atoms with Gasteiger partial charge in [-0.2, -0.15) is 0 Å². The number of carbonyl (C=O) groups excluding carboxylic acids is 2. The maximum Gasteiger partial charge on any atom is 0.374 e. The van der Waals surface area contributed by atoms with Gasteiger partial charge in [0.05, 0.1) is 31.2 Å². The van der Waals surface area contributed by atoms with Crippen LogP contribution in [-0.2, 0) is 9.53 Å². The van der Waals surface area contributed by atoms with Gasteiger partial charge < -0.3 is 23.9 Å². The van der Waals surface area contributed by atoms with E-state index >= 15 is 0 Å². The van der Waals surface area contributed by atoms with Gasteiger partial charge in [-0.1, -0.05) is 11.6 Å². The zero-order valence-corrected chi connectivity index (χ0v) is 13.2. The van der Waals surface area contributed by atoms with Crippen LogP contribution in [0.1, 0.15) is 10.6 Å². The van der Waals surface area contributed by atoms with Gasteiger partial charge in [-0.25, -0.2) is 4.79 Å². The van der Waals surface area contributed by atoms with Gasteiger partial charge in [0, 0.05) is 12.1 Å². The average Bonchev–Trinajstić information content (AvgIpc) is 3.08. The number of methoxy groups -OCH3 is 2. The Kier molecular flexibility index (Phi) is 5.48. The summed E-state index contributed by atoms with van der Waals surface area (Å²) in [4.78, 5) is 23.5. The highest BCUT2D eigenvalue weighted by Crippen LogP contribution is 2.35. The first-order chi connectivity index (χ1) is 11.0. The van der Waals surface area contributed by atoms with Gasteiger partial charge in [0.1, 0.15) is 11.5 Å². The largest absolute Gasteiger partial charge is 0.495 e. The molecule has 1 amide bonds. The smallest absolute Gasteiger partial charge is 0.374 e. The third-order valence-electron chi connectivity index (χ3n) is 2.80. The van der Waals surface area contributed by atoms with Crippen LogP contribution in [-0.4, -0.2) is 32.7 Å². The van der Waals surface area contributed by atoms with E-state index in [4.69, 9.17) is 30.2 Å². The molecule has 23 heavy (non-hydrogen) atoms. The molecule has 0 saturated heterocycles. The van der Waals surface area contributed by atoms with E-state index in [9.17, 15) is 9.59 Å².